The third-order valence-electron chi connectivity index (χ3n) is 3.02. The molecule has 6 heteroatoms. The van der Waals surface area contributed by atoms with Crippen LogP contribution in [0.1, 0.15) is 17.4 Å². The number of likely N-dealkylation sites (N-methyl/N-ethyl adjacent to an activating group) is 1. The summed E-state index contributed by atoms with van der Waals surface area (Å²) in [5, 5.41) is 14.9. The molecule has 4 nitrogen and oxygen atoms in total. The van der Waals surface area contributed by atoms with Gasteiger partial charge in [-0.3, -0.25) is 4.68 Å². The van der Waals surface area contributed by atoms with Crippen LogP contribution in [-0.2, 0) is 6.54 Å². The Bertz CT molecular complexity index is 584. The zero-order valence-electron chi connectivity index (χ0n) is 11.4. The quantitative estimate of drug-likeness (QED) is 0.835. The van der Waals surface area contributed by atoms with Crippen molar-refractivity contribution in [1.29, 1.82) is 0 Å². The minimum atomic E-state index is -0.702. The predicted octanol–water partition coefficient (Wildman–Crippen LogP) is 3.05. The molecule has 0 amide bonds. The maximum Gasteiger partial charge on any atom is 0.122 e. The van der Waals surface area contributed by atoms with E-state index in [0.717, 1.165) is 33.3 Å². The third-order valence-corrected chi connectivity index (χ3v) is 4.12. The van der Waals surface area contributed by atoms with Gasteiger partial charge < -0.3 is 10.0 Å². The highest BCUT2D eigenvalue weighted by Gasteiger charge is 2.19. The Hall–Kier alpha value is -0.690. The smallest absolute Gasteiger partial charge is 0.122 e. The Labute approximate surface area is 135 Å². The van der Waals surface area contributed by atoms with E-state index in [2.05, 4.69) is 41.9 Å². The number of hydrogen-bond donors (Lipinski definition) is 1. The first-order valence-electron chi connectivity index (χ1n) is 6.28. The fourth-order valence-corrected chi connectivity index (χ4v) is 2.88. The summed E-state index contributed by atoms with van der Waals surface area (Å²) in [4.78, 5) is 2.09. The van der Waals surface area contributed by atoms with E-state index in [1.165, 1.54) is 0 Å². The molecule has 1 heterocycles. The van der Waals surface area contributed by atoms with Crippen molar-refractivity contribution in [3.05, 3.63) is 50.7 Å². The van der Waals surface area contributed by atoms with E-state index < -0.39 is 6.10 Å². The highest BCUT2D eigenvalue weighted by atomic mass is 79.9. The highest BCUT2D eigenvalue weighted by Crippen LogP contribution is 2.29. The molecule has 0 aliphatic rings. The normalized spacial score (nSPS) is 12.9. The van der Waals surface area contributed by atoms with E-state index in [1.54, 1.807) is 6.20 Å². The third kappa shape index (κ3) is 3.69. The molecule has 0 fully saturated rings. The zero-order valence-corrected chi connectivity index (χ0v) is 14.6. The first kappa shape index (κ1) is 15.7. The van der Waals surface area contributed by atoms with E-state index in [-0.39, 0.29) is 0 Å². The Morgan fingerprint density at radius 1 is 1.35 bits per heavy atom. The number of aliphatic hydroxyl groups is 1. The molecule has 20 heavy (non-hydrogen) atoms. The molecule has 1 unspecified atom stereocenters. The molecule has 0 spiro atoms. The maximum absolute atomic E-state index is 10.6. The topological polar surface area (TPSA) is 41.3 Å². The van der Waals surface area contributed by atoms with Crippen LogP contribution >= 0.6 is 31.9 Å². The summed E-state index contributed by atoms with van der Waals surface area (Å²) in [6, 6.07) is 7.68. The SMILES string of the molecule is CN(C)CCn1ncc(Br)c1C(O)c1cccc(Br)c1. The second-order valence-corrected chi connectivity index (χ2v) is 6.63. The van der Waals surface area contributed by atoms with Gasteiger partial charge in [-0.15, -0.1) is 0 Å². The Kier molecular flexibility index (Phi) is 5.37. The van der Waals surface area contributed by atoms with Gasteiger partial charge in [-0.1, -0.05) is 28.1 Å². The minimum Gasteiger partial charge on any atom is -0.382 e. The number of aromatic nitrogens is 2. The van der Waals surface area contributed by atoms with Gasteiger partial charge in [0.15, 0.2) is 0 Å². The van der Waals surface area contributed by atoms with Crippen LogP contribution in [0.2, 0.25) is 0 Å². The van der Waals surface area contributed by atoms with Gasteiger partial charge in [-0.05, 0) is 47.7 Å². The van der Waals surface area contributed by atoms with Crippen LogP contribution in [0, 0.1) is 0 Å². The second-order valence-electron chi connectivity index (χ2n) is 4.86. The average Bonchev–Trinajstić information content (AvgIpc) is 2.76. The van der Waals surface area contributed by atoms with Gasteiger partial charge in [0.25, 0.3) is 0 Å². The zero-order chi connectivity index (χ0) is 14.7. The fraction of sp³-hybridized carbons (Fsp3) is 0.357. The monoisotopic (exact) mass is 401 g/mol. The van der Waals surface area contributed by atoms with Crippen molar-refractivity contribution < 1.29 is 5.11 Å². The van der Waals surface area contributed by atoms with Crippen molar-refractivity contribution in [2.75, 3.05) is 20.6 Å². The Morgan fingerprint density at radius 2 is 2.10 bits per heavy atom. The van der Waals surface area contributed by atoms with Gasteiger partial charge in [-0.2, -0.15) is 5.10 Å². The molecule has 0 aliphatic heterocycles. The van der Waals surface area contributed by atoms with Crippen molar-refractivity contribution >= 4 is 31.9 Å². The molecule has 0 bridgehead atoms. The van der Waals surface area contributed by atoms with Gasteiger partial charge in [0.2, 0.25) is 0 Å². The number of hydrogen-bond acceptors (Lipinski definition) is 3. The van der Waals surface area contributed by atoms with Crippen LogP contribution < -0.4 is 0 Å². The van der Waals surface area contributed by atoms with Gasteiger partial charge in [0.1, 0.15) is 6.10 Å². The lowest BCUT2D eigenvalue weighted by Crippen LogP contribution is -2.21. The lowest BCUT2D eigenvalue weighted by molar-refractivity contribution is 0.204. The first-order valence-corrected chi connectivity index (χ1v) is 7.87. The molecule has 0 saturated heterocycles. The van der Waals surface area contributed by atoms with Gasteiger partial charge in [0.05, 0.1) is 22.9 Å². The molecule has 108 valence electrons. The molecular weight excluding hydrogens is 386 g/mol. The van der Waals surface area contributed by atoms with E-state index in [4.69, 9.17) is 0 Å². The number of aliphatic hydroxyl groups excluding tert-OH is 1. The number of nitrogens with zero attached hydrogens (tertiary/aromatic N) is 3. The van der Waals surface area contributed by atoms with Gasteiger partial charge in [0, 0.05) is 11.0 Å². The molecule has 1 N–H and O–H groups in total. The van der Waals surface area contributed by atoms with Crippen molar-refractivity contribution in [1.82, 2.24) is 14.7 Å². The summed E-state index contributed by atoms with van der Waals surface area (Å²) in [6.07, 6.45) is 1.03. The molecule has 0 aliphatic carbocycles. The number of halogens is 2. The number of benzene rings is 1. The summed E-state index contributed by atoms with van der Waals surface area (Å²) in [5.74, 6) is 0. The average molecular weight is 403 g/mol. The molecule has 1 aromatic carbocycles. The van der Waals surface area contributed by atoms with E-state index in [0.29, 0.717) is 0 Å². The van der Waals surface area contributed by atoms with Crippen LogP contribution in [0.5, 0.6) is 0 Å². The largest absolute Gasteiger partial charge is 0.382 e. The summed E-state index contributed by atoms with van der Waals surface area (Å²) in [7, 11) is 4.03. The Morgan fingerprint density at radius 3 is 2.75 bits per heavy atom. The molecule has 0 radical (unpaired) electrons. The molecule has 0 saturated carbocycles. The first-order chi connectivity index (χ1) is 9.49. The summed E-state index contributed by atoms with van der Waals surface area (Å²) < 4.78 is 3.61. The van der Waals surface area contributed by atoms with Crippen molar-refractivity contribution in [3.63, 3.8) is 0 Å². The van der Waals surface area contributed by atoms with E-state index >= 15 is 0 Å². The van der Waals surface area contributed by atoms with Crippen molar-refractivity contribution in [2.24, 2.45) is 0 Å². The van der Waals surface area contributed by atoms with Gasteiger partial charge >= 0.3 is 0 Å². The Balaban J connectivity index is 2.29. The highest BCUT2D eigenvalue weighted by molar-refractivity contribution is 9.10. The lowest BCUT2D eigenvalue weighted by atomic mass is 10.1. The summed E-state index contributed by atoms with van der Waals surface area (Å²) >= 11 is 6.90. The molecule has 1 atom stereocenters. The van der Waals surface area contributed by atoms with Crippen molar-refractivity contribution in [3.8, 4) is 0 Å². The molecule has 1 aromatic heterocycles. The maximum atomic E-state index is 10.6. The minimum absolute atomic E-state index is 0.702. The second kappa shape index (κ2) is 6.85. The van der Waals surface area contributed by atoms with E-state index in [9.17, 15) is 5.11 Å². The lowest BCUT2D eigenvalue weighted by Gasteiger charge is -2.16. The fourth-order valence-electron chi connectivity index (χ4n) is 1.95. The van der Waals surface area contributed by atoms with Crippen LogP contribution in [0.3, 0.4) is 0 Å². The molecular formula is C14H17Br2N3O. The molecule has 2 rings (SSSR count). The van der Waals surface area contributed by atoms with Gasteiger partial charge in [-0.25, -0.2) is 0 Å². The van der Waals surface area contributed by atoms with Crippen LogP contribution in [0.4, 0.5) is 0 Å². The van der Waals surface area contributed by atoms with Crippen LogP contribution in [0.15, 0.2) is 39.4 Å². The van der Waals surface area contributed by atoms with Crippen LogP contribution in [0.25, 0.3) is 0 Å². The standard InChI is InChI=1S/C14H17Br2N3O/c1-18(2)6-7-19-13(12(16)9-17-19)14(20)10-4-3-5-11(15)8-10/h3-5,8-9,14,20H,6-7H2,1-2H3. The van der Waals surface area contributed by atoms with Crippen molar-refractivity contribution in [2.45, 2.75) is 12.6 Å². The number of rotatable bonds is 5. The molecule has 2 aromatic rings. The summed E-state index contributed by atoms with van der Waals surface area (Å²) in [5.41, 5.74) is 1.62. The van der Waals surface area contributed by atoms with E-state index in [1.807, 2.05) is 43.0 Å². The predicted molar refractivity (Wildman–Crippen MR) is 86.7 cm³/mol. The van der Waals surface area contributed by atoms with Crippen LogP contribution in [-0.4, -0.2) is 40.4 Å². The summed E-state index contributed by atoms with van der Waals surface area (Å²) in [6.45, 7) is 1.60.